The molecular formula is C67H118O16P2. The van der Waals surface area contributed by atoms with E-state index >= 15 is 0 Å². The van der Waals surface area contributed by atoms with Gasteiger partial charge < -0.3 is 34.2 Å². The van der Waals surface area contributed by atoms with Crippen LogP contribution in [-0.4, -0.2) is 95.9 Å². The first kappa shape index (κ1) is 81.7. The number of aliphatic hydroxyl groups is 2. The van der Waals surface area contributed by atoms with E-state index in [1.807, 2.05) is 0 Å². The average molecular weight is 1240 g/mol. The first-order valence-corrected chi connectivity index (χ1v) is 35.9. The van der Waals surface area contributed by atoms with E-state index in [9.17, 15) is 43.5 Å². The van der Waals surface area contributed by atoms with Crippen LogP contribution in [0.2, 0.25) is 0 Å². The maximum Gasteiger partial charge on any atom is 0.472 e. The predicted octanol–water partition coefficient (Wildman–Crippen LogP) is 17.8. The molecule has 16 nitrogen and oxygen atoms in total. The SMILES string of the molecule is CC/C=C\C/C=C\C/C=C\C/C=C\C/C=C\CCCCCCCCCC(=O)OCC(O)COP(=O)(O)OCC(O)COP(=O)(O)OCC(COC(=O)CCCCCCC/C=C\C/C=C\CCC)OC(=O)CCCCCCCCCCCCCCC. The molecule has 0 aromatic rings. The standard InChI is InChI=1S/C67H118O16P2/c1-4-7-10-13-16-19-22-25-26-27-28-29-30-31-32-33-34-37-39-41-44-47-50-53-65(70)77-56-62(68)57-79-84(73,74)80-58-63(69)59-81-85(75,76)82-61-64(83-67(72)55-52-49-46-43-40-36-24-21-18-15-12-9-6-3)60-78-66(71)54-51-48-45-42-38-35-23-20-17-14-11-8-5-2/h7,10-11,14,16,19-20,23,25-26,28-29,31-32,62-64,68-69H,4-6,8-9,12-13,15,17-18,21-22,24,27,30,33-61H2,1-3H3,(H,73,74)(H,75,76)/b10-7-,14-11-,19-16-,23-20-,26-25-,29-28-,32-31-. The molecule has 0 rings (SSSR count). The van der Waals surface area contributed by atoms with Crippen LogP contribution >= 0.6 is 15.6 Å². The second kappa shape index (κ2) is 61.0. The van der Waals surface area contributed by atoms with Gasteiger partial charge >= 0.3 is 33.6 Å². The maximum absolute atomic E-state index is 12.9. The third kappa shape index (κ3) is 62.1. The number of phosphoric ester groups is 2. The minimum Gasteiger partial charge on any atom is -0.463 e. The minimum absolute atomic E-state index is 0.105. The van der Waals surface area contributed by atoms with Gasteiger partial charge in [0.15, 0.2) is 6.10 Å². The fourth-order valence-corrected chi connectivity index (χ4v) is 10.2. The summed E-state index contributed by atoms with van der Waals surface area (Å²) in [5.41, 5.74) is 0. The van der Waals surface area contributed by atoms with Crippen molar-refractivity contribution in [2.75, 3.05) is 39.6 Å². The summed E-state index contributed by atoms with van der Waals surface area (Å²) in [5, 5.41) is 20.5. The highest BCUT2D eigenvalue weighted by atomic mass is 31.2. The van der Waals surface area contributed by atoms with Gasteiger partial charge in [-0.15, -0.1) is 0 Å². The molecule has 0 aromatic heterocycles. The van der Waals surface area contributed by atoms with Crippen LogP contribution in [0.5, 0.6) is 0 Å². The van der Waals surface area contributed by atoms with Crippen LogP contribution in [0.1, 0.15) is 265 Å². The molecule has 0 aliphatic heterocycles. The molecule has 0 bridgehead atoms. The highest BCUT2D eigenvalue weighted by Gasteiger charge is 2.29. The number of hydrogen-bond donors (Lipinski definition) is 4. The van der Waals surface area contributed by atoms with Crippen molar-refractivity contribution in [3.63, 3.8) is 0 Å². The summed E-state index contributed by atoms with van der Waals surface area (Å²) in [4.78, 5) is 58.2. The Kier molecular flexibility index (Phi) is 58.6. The number of rotatable bonds is 62. The summed E-state index contributed by atoms with van der Waals surface area (Å²) < 4.78 is 60.7. The quantitative estimate of drug-likeness (QED) is 0.0146. The Labute approximate surface area is 515 Å². The van der Waals surface area contributed by atoms with E-state index < -0.39 is 91.5 Å². The minimum atomic E-state index is -4.92. The van der Waals surface area contributed by atoms with Crippen molar-refractivity contribution in [1.29, 1.82) is 0 Å². The Balaban J connectivity index is 4.56. The zero-order valence-electron chi connectivity index (χ0n) is 53.0. The lowest BCUT2D eigenvalue weighted by Gasteiger charge is -2.21. The molecule has 0 aliphatic carbocycles. The number of unbranched alkanes of at least 4 members (excludes halogenated alkanes) is 25. The topological polar surface area (TPSA) is 231 Å². The molecule has 0 saturated carbocycles. The van der Waals surface area contributed by atoms with Crippen LogP contribution in [0, 0.1) is 0 Å². The fourth-order valence-electron chi connectivity index (χ4n) is 8.58. The molecule has 4 N–H and O–H groups in total. The normalized spacial score (nSPS) is 14.9. The Morgan fingerprint density at radius 1 is 0.341 bits per heavy atom. The third-order valence-corrected chi connectivity index (χ3v) is 15.5. The lowest BCUT2D eigenvalue weighted by atomic mass is 10.0. The second-order valence-corrected chi connectivity index (χ2v) is 24.8. The smallest absolute Gasteiger partial charge is 0.463 e. The Hall–Kier alpha value is -3.27. The van der Waals surface area contributed by atoms with Gasteiger partial charge in [0.1, 0.15) is 25.4 Å². The monoisotopic (exact) mass is 1240 g/mol. The predicted molar refractivity (Wildman–Crippen MR) is 344 cm³/mol. The van der Waals surface area contributed by atoms with Crippen molar-refractivity contribution in [2.24, 2.45) is 0 Å². The van der Waals surface area contributed by atoms with Gasteiger partial charge in [0.2, 0.25) is 0 Å². The van der Waals surface area contributed by atoms with Gasteiger partial charge in [-0.25, -0.2) is 9.13 Å². The van der Waals surface area contributed by atoms with Gasteiger partial charge in [-0.1, -0.05) is 241 Å². The second-order valence-electron chi connectivity index (χ2n) is 21.9. The zero-order chi connectivity index (χ0) is 62.4. The van der Waals surface area contributed by atoms with Crippen molar-refractivity contribution in [3.8, 4) is 0 Å². The van der Waals surface area contributed by atoms with Crippen molar-refractivity contribution < 1.29 is 75.8 Å². The summed E-state index contributed by atoms with van der Waals surface area (Å²) in [6.07, 6.45) is 63.6. The zero-order valence-corrected chi connectivity index (χ0v) is 54.8. The molecule has 0 aliphatic rings. The molecule has 492 valence electrons. The van der Waals surface area contributed by atoms with Gasteiger partial charge in [0.05, 0.1) is 26.4 Å². The molecular weight excluding hydrogens is 1120 g/mol. The average Bonchev–Trinajstić information content (AvgIpc) is 3.51. The molecule has 0 heterocycles. The number of phosphoric acid groups is 2. The molecule has 0 radical (unpaired) electrons. The van der Waals surface area contributed by atoms with Crippen LogP contribution < -0.4 is 0 Å². The van der Waals surface area contributed by atoms with Gasteiger partial charge in [0, 0.05) is 19.3 Å². The van der Waals surface area contributed by atoms with Crippen LogP contribution in [0.25, 0.3) is 0 Å². The molecule has 0 fully saturated rings. The van der Waals surface area contributed by atoms with Gasteiger partial charge in [-0.2, -0.15) is 0 Å². The fraction of sp³-hybridized carbons (Fsp3) is 0.746. The van der Waals surface area contributed by atoms with Crippen LogP contribution in [0.15, 0.2) is 85.1 Å². The number of esters is 3. The summed E-state index contributed by atoms with van der Waals surface area (Å²) in [6, 6.07) is 0. The molecule has 0 saturated heterocycles. The summed E-state index contributed by atoms with van der Waals surface area (Å²) in [6.45, 7) is 2.46. The lowest BCUT2D eigenvalue weighted by Crippen LogP contribution is -2.30. The van der Waals surface area contributed by atoms with E-state index in [1.54, 1.807) is 0 Å². The molecule has 85 heavy (non-hydrogen) atoms. The largest absolute Gasteiger partial charge is 0.472 e. The Morgan fingerprint density at radius 3 is 1.04 bits per heavy atom. The van der Waals surface area contributed by atoms with Crippen molar-refractivity contribution in [1.82, 2.24) is 0 Å². The van der Waals surface area contributed by atoms with E-state index in [4.69, 9.17) is 32.3 Å². The number of hydrogen-bond acceptors (Lipinski definition) is 14. The summed E-state index contributed by atoms with van der Waals surface area (Å²) >= 11 is 0. The number of carbonyl (C=O) groups is 3. The number of ether oxygens (including phenoxy) is 3. The molecule has 0 amide bonds. The number of allylic oxidation sites excluding steroid dienone is 14. The van der Waals surface area contributed by atoms with Crippen LogP contribution in [0.3, 0.4) is 0 Å². The van der Waals surface area contributed by atoms with Crippen LogP contribution in [0.4, 0.5) is 0 Å². The van der Waals surface area contributed by atoms with Crippen molar-refractivity contribution in [2.45, 2.75) is 283 Å². The highest BCUT2D eigenvalue weighted by molar-refractivity contribution is 7.47. The first-order valence-electron chi connectivity index (χ1n) is 32.9. The molecule has 18 heteroatoms. The van der Waals surface area contributed by atoms with E-state index in [2.05, 4.69) is 106 Å². The van der Waals surface area contributed by atoms with Crippen molar-refractivity contribution >= 4 is 33.6 Å². The number of aliphatic hydroxyl groups excluding tert-OH is 2. The third-order valence-electron chi connectivity index (χ3n) is 13.6. The molecule has 0 aromatic carbocycles. The van der Waals surface area contributed by atoms with E-state index in [1.165, 1.54) is 51.4 Å². The van der Waals surface area contributed by atoms with Crippen LogP contribution in [-0.2, 0) is 55.8 Å². The van der Waals surface area contributed by atoms with Gasteiger partial charge in [0.25, 0.3) is 0 Å². The lowest BCUT2D eigenvalue weighted by molar-refractivity contribution is -0.161. The summed E-state index contributed by atoms with van der Waals surface area (Å²) in [5.74, 6) is -1.60. The highest BCUT2D eigenvalue weighted by Crippen LogP contribution is 2.45. The van der Waals surface area contributed by atoms with E-state index in [0.717, 1.165) is 154 Å². The summed E-state index contributed by atoms with van der Waals surface area (Å²) in [7, 11) is -9.77. The van der Waals surface area contributed by atoms with Gasteiger partial charge in [-0.3, -0.25) is 32.5 Å². The maximum atomic E-state index is 12.9. The Morgan fingerprint density at radius 2 is 0.647 bits per heavy atom. The number of carbonyl (C=O) groups excluding carboxylic acids is 3. The first-order chi connectivity index (χ1) is 41.2. The molecule has 0 spiro atoms. The van der Waals surface area contributed by atoms with E-state index in [-0.39, 0.29) is 19.3 Å². The molecule has 5 unspecified atom stereocenters. The van der Waals surface area contributed by atoms with Gasteiger partial charge in [-0.05, 0) is 89.9 Å². The van der Waals surface area contributed by atoms with Crippen molar-refractivity contribution in [3.05, 3.63) is 85.1 Å². The Bertz CT molecular complexity index is 1900. The van der Waals surface area contributed by atoms with E-state index in [0.29, 0.717) is 19.3 Å². The molecule has 5 atom stereocenters.